The molecule has 1 saturated heterocycles. The largest absolute Gasteiger partial charge is 0.462 e. The maximum Gasteiger partial charge on any atom is 0.351 e. The predicted octanol–water partition coefficient (Wildman–Crippen LogP) is 6.24. The number of hydrogen-bond acceptors (Lipinski definition) is 5. The summed E-state index contributed by atoms with van der Waals surface area (Å²) in [5.74, 6) is -0.232. The molecule has 5 heteroatoms. The molecule has 3 aliphatic carbocycles. The lowest BCUT2D eigenvalue weighted by atomic mass is 9.62. The summed E-state index contributed by atoms with van der Waals surface area (Å²) < 4.78 is 17.7. The summed E-state index contributed by atoms with van der Waals surface area (Å²) in [5.41, 5.74) is 1.97. The fourth-order valence-corrected chi connectivity index (χ4v) is 7.86. The highest BCUT2D eigenvalue weighted by atomic mass is 16.6. The minimum Gasteiger partial charge on any atom is -0.462 e. The Hall–Kier alpha value is -1.88. The molecule has 5 nitrogen and oxygen atoms in total. The SMILES string of the molecule is CCOC[C@@H]1[C@@H](COC(=O)C23CCC(C)(C(=O)O2)C3(C)C)[C@@]1(C)c1ccc2c(c1)C(C)(C)CCC2(C)C. The van der Waals surface area contributed by atoms with Crippen molar-refractivity contribution in [3.05, 3.63) is 34.9 Å². The molecule has 1 aromatic rings. The van der Waals surface area contributed by atoms with E-state index in [1.807, 2.05) is 27.7 Å². The summed E-state index contributed by atoms with van der Waals surface area (Å²) in [6.07, 6.45) is 3.55. The van der Waals surface area contributed by atoms with Crippen LogP contribution >= 0.6 is 0 Å². The molecular formula is C32H46O5. The molecule has 2 bridgehead atoms. The van der Waals surface area contributed by atoms with Crippen molar-refractivity contribution in [2.75, 3.05) is 19.8 Å². The van der Waals surface area contributed by atoms with Gasteiger partial charge in [0, 0.05) is 23.4 Å². The highest BCUT2D eigenvalue weighted by Crippen LogP contribution is 2.66. The van der Waals surface area contributed by atoms with Crippen molar-refractivity contribution in [3.8, 4) is 0 Å². The number of esters is 2. The van der Waals surface area contributed by atoms with Gasteiger partial charge in [0.25, 0.3) is 0 Å². The van der Waals surface area contributed by atoms with Crippen LogP contribution in [0.5, 0.6) is 0 Å². The molecule has 1 aromatic carbocycles. The van der Waals surface area contributed by atoms with Gasteiger partial charge in [0.15, 0.2) is 0 Å². The summed E-state index contributed by atoms with van der Waals surface area (Å²) in [5, 5.41) is 0. The average Bonchev–Trinajstić information content (AvgIpc) is 3.31. The molecule has 3 fully saturated rings. The Balaban J connectivity index is 1.40. The van der Waals surface area contributed by atoms with Crippen LogP contribution in [0, 0.1) is 22.7 Å². The molecule has 37 heavy (non-hydrogen) atoms. The molecule has 0 spiro atoms. The van der Waals surface area contributed by atoms with E-state index in [0.29, 0.717) is 32.7 Å². The Kier molecular flexibility index (Phi) is 5.82. The van der Waals surface area contributed by atoms with Crippen LogP contribution < -0.4 is 0 Å². The number of hydrogen-bond donors (Lipinski definition) is 0. The van der Waals surface area contributed by atoms with Crippen LogP contribution in [0.3, 0.4) is 0 Å². The molecular weight excluding hydrogens is 464 g/mol. The van der Waals surface area contributed by atoms with Crippen molar-refractivity contribution >= 4 is 11.9 Å². The van der Waals surface area contributed by atoms with Crippen molar-refractivity contribution in [2.24, 2.45) is 22.7 Å². The summed E-state index contributed by atoms with van der Waals surface area (Å²) in [6, 6.07) is 7.07. The Morgan fingerprint density at radius 1 is 0.892 bits per heavy atom. The molecule has 0 aromatic heterocycles. The van der Waals surface area contributed by atoms with E-state index in [0.717, 1.165) is 0 Å². The summed E-state index contributed by atoms with van der Waals surface area (Å²) in [7, 11) is 0. The van der Waals surface area contributed by atoms with E-state index in [2.05, 4.69) is 52.8 Å². The molecule has 5 atom stereocenters. The van der Waals surface area contributed by atoms with E-state index in [9.17, 15) is 9.59 Å². The Labute approximate surface area is 223 Å². The molecule has 2 saturated carbocycles. The lowest BCUT2D eigenvalue weighted by molar-refractivity contribution is -0.183. The number of ether oxygens (including phenoxy) is 3. The first-order valence-electron chi connectivity index (χ1n) is 14.2. The van der Waals surface area contributed by atoms with Gasteiger partial charge in [0.1, 0.15) is 0 Å². The highest BCUT2D eigenvalue weighted by molar-refractivity contribution is 5.93. The van der Waals surface area contributed by atoms with E-state index in [1.54, 1.807) is 0 Å². The van der Waals surface area contributed by atoms with Gasteiger partial charge in [-0.1, -0.05) is 66.7 Å². The standard InChI is InChI=1S/C32H46O5/c1-10-35-18-23-24(19-36-26(34)32-16-15-30(8,25(33)37-32)29(32,6)7)31(23,9)20-11-12-21-22(17-20)28(4,5)14-13-27(21,2)3/h11-12,17,23-24H,10,13-16,18-19H2,1-9H3/t23-,24-,30?,31+,32?/m1/s1. The van der Waals surface area contributed by atoms with E-state index in [1.165, 1.54) is 29.5 Å². The third kappa shape index (κ3) is 3.44. The third-order valence-corrected chi connectivity index (χ3v) is 11.7. The molecule has 5 rings (SSSR count). The van der Waals surface area contributed by atoms with E-state index < -0.39 is 16.4 Å². The zero-order valence-electron chi connectivity index (χ0n) is 24.4. The maximum atomic E-state index is 13.5. The first-order valence-corrected chi connectivity index (χ1v) is 14.2. The normalized spacial score (nSPS) is 38.1. The van der Waals surface area contributed by atoms with Gasteiger partial charge in [-0.2, -0.15) is 0 Å². The van der Waals surface area contributed by atoms with E-state index >= 15 is 0 Å². The topological polar surface area (TPSA) is 61.8 Å². The minimum atomic E-state index is -1.18. The quantitative estimate of drug-likeness (QED) is 0.406. The summed E-state index contributed by atoms with van der Waals surface area (Å²) in [6.45, 7) is 21.2. The van der Waals surface area contributed by atoms with Gasteiger partial charge >= 0.3 is 11.9 Å². The van der Waals surface area contributed by atoms with Crippen molar-refractivity contribution in [1.82, 2.24) is 0 Å². The smallest absolute Gasteiger partial charge is 0.351 e. The van der Waals surface area contributed by atoms with Crippen LogP contribution in [0.15, 0.2) is 18.2 Å². The zero-order chi connectivity index (χ0) is 27.2. The number of benzene rings is 1. The Morgan fingerprint density at radius 2 is 1.51 bits per heavy atom. The fourth-order valence-electron chi connectivity index (χ4n) is 7.86. The maximum absolute atomic E-state index is 13.5. The molecule has 2 unspecified atom stereocenters. The average molecular weight is 511 g/mol. The molecule has 0 N–H and O–H groups in total. The van der Waals surface area contributed by atoms with Crippen LogP contribution in [0.25, 0.3) is 0 Å². The van der Waals surface area contributed by atoms with Crippen molar-refractivity contribution in [3.63, 3.8) is 0 Å². The van der Waals surface area contributed by atoms with Gasteiger partial charge in [0.05, 0.1) is 18.6 Å². The summed E-state index contributed by atoms with van der Waals surface area (Å²) >= 11 is 0. The van der Waals surface area contributed by atoms with Gasteiger partial charge in [-0.25, -0.2) is 4.79 Å². The predicted molar refractivity (Wildman–Crippen MR) is 143 cm³/mol. The van der Waals surface area contributed by atoms with Crippen molar-refractivity contribution in [2.45, 2.75) is 110 Å². The Bertz CT molecular complexity index is 1130. The molecule has 1 heterocycles. The van der Waals surface area contributed by atoms with Crippen LogP contribution in [-0.4, -0.2) is 37.4 Å². The summed E-state index contributed by atoms with van der Waals surface area (Å²) in [4.78, 5) is 26.2. The van der Waals surface area contributed by atoms with E-state index in [-0.39, 0.29) is 40.0 Å². The van der Waals surface area contributed by atoms with Crippen LogP contribution in [-0.2, 0) is 40.0 Å². The number of rotatable bonds is 7. The number of fused-ring (bicyclic) bond motifs is 3. The van der Waals surface area contributed by atoms with Crippen molar-refractivity contribution < 1.29 is 23.8 Å². The van der Waals surface area contributed by atoms with Crippen LogP contribution in [0.4, 0.5) is 0 Å². The Morgan fingerprint density at radius 3 is 2.08 bits per heavy atom. The van der Waals surface area contributed by atoms with Gasteiger partial charge in [-0.15, -0.1) is 0 Å². The lowest BCUT2D eigenvalue weighted by Gasteiger charge is -2.42. The van der Waals surface area contributed by atoms with Crippen molar-refractivity contribution in [1.29, 1.82) is 0 Å². The van der Waals surface area contributed by atoms with Gasteiger partial charge in [-0.05, 0) is 73.0 Å². The molecule has 1 aliphatic heterocycles. The van der Waals surface area contributed by atoms with Crippen LogP contribution in [0.1, 0.15) is 105 Å². The molecule has 0 amide bonds. The number of carbonyl (C=O) groups excluding carboxylic acids is 2. The van der Waals surface area contributed by atoms with Gasteiger partial charge in [-0.3, -0.25) is 4.79 Å². The third-order valence-electron chi connectivity index (χ3n) is 11.7. The first-order chi connectivity index (χ1) is 17.1. The van der Waals surface area contributed by atoms with Crippen LogP contribution in [0.2, 0.25) is 0 Å². The fraction of sp³-hybridized carbons (Fsp3) is 0.750. The number of carbonyl (C=O) groups is 2. The second kappa shape index (κ2) is 8.07. The zero-order valence-corrected chi connectivity index (χ0v) is 24.4. The second-order valence-electron chi connectivity index (χ2n) is 14.5. The molecule has 4 aliphatic rings. The van der Waals surface area contributed by atoms with Gasteiger partial charge < -0.3 is 14.2 Å². The van der Waals surface area contributed by atoms with E-state index in [4.69, 9.17) is 14.2 Å². The second-order valence-corrected chi connectivity index (χ2v) is 14.5. The highest BCUT2D eigenvalue weighted by Gasteiger charge is 2.76. The lowest BCUT2D eigenvalue weighted by Crippen LogP contribution is -2.49. The monoisotopic (exact) mass is 510 g/mol. The first kappa shape index (κ1) is 26.7. The molecule has 0 radical (unpaired) electrons. The molecule has 204 valence electrons. The van der Waals surface area contributed by atoms with Gasteiger partial charge in [0.2, 0.25) is 5.60 Å². The minimum absolute atomic E-state index is 0.133.